The van der Waals surface area contributed by atoms with Crippen molar-refractivity contribution in [1.29, 1.82) is 0 Å². The molecule has 2 aromatic rings. The Morgan fingerprint density at radius 2 is 1.64 bits per heavy atom. The van der Waals surface area contributed by atoms with E-state index in [0.29, 0.717) is 12.1 Å². The Labute approximate surface area is 164 Å². The normalized spacial score (nSPS) is 14.1. The van der Waals surface area contributed by atoms with Crippen molar-refractivity contribution in [2.75, 3.05) is 5.32 Å². The number of rotatable bonds is 7. The van der Waals surface area contributed by atoms with Crippen LogP contribution in [0.4, 0.5) is 5.69 Å². The van der Waals surface area contributed by atoms with Crippen LogP contribution in [0.1, 0.15) is 54.2 Å². The van der Waals surface area contributed by atoms with Gasteiger partial charge in [0.1, 0.15) is 0 Å². The second kappa shape index (κ2) is 8.69. The molecule has 0 heterocycles. The Balaban J connectivity index is 1.54. The summed E-state index contributed by atoms with van der Waals surface area (Å²) in [7, 11) is 0. The largest absolute Gasteiger partial charge is 0.352 e. The number of hydrogen-bond donors (Lipinski definition) is 3. The van der Waals surface area contributed by atoms with Crippen LogP contribution in [-0.4, -0.2) is 17.7 Å². The van der Waals surface area contributed by atoms with E-state index in [9.17, 15) is 14.4 Å². The summed E-state index contributed by atoms with van der Waals surface area (Å²) in [5, 5.41) is 8.61. The molecule has 1 unspecified atom stereocenters. The van der Waals surface area contributed by atoms with Crippen molar-refractivity contribution >= 4 is 23.4 Å². The second-order valence-electron chi connectivity index (χ2n) is 7.19. The third-order valence-electron chi connectivity index (χ3n) is 4.73. The molecule has 146 valence electrons. The van der Waals surface area contributed by atoms with E-state index in [2.05, 4.69) is 16.0 Å². The maximum atomic E-state index is 12.5. The fraction of sp³-hybridized carbons (Fsp3) is 0.318. The molecule has 2 aromatic carbocycles. The highest BCUT2D eigenvalue weighted by molar-refractivity contribution is 5.95. The van der Waals surface area contributed by atoms with Gasteiger partial charge in [0.25, 0.3) is 5.91 Å². The maximum Gasteiger partial charge on any atom is 0.251 e. The molecule has 6 nitrogen and oxygen atoms in total. The van der Waals surface area contributed by atoms with Gasteiger partial charge >= 0.3 is 0 Å². The van der Waals surface area contributed by atoms with Gasteiger partial charge in [-0.3, -0.25) is 14.4 Å². The zero-order valence-electron chi connectivity index (χ0n) is 16.1. The van der Waals surface area contributed by atoms with E-state index in [1.54, 1.807) is 12.1 Å². The van der Waals surface area contributed by atoms with Gasteiger partial charge in [-0.25, -0.2) is 0 Å². The monoisotopic (exact) mass is 379 g/mol. The highest BCUT2D eigenvalue weighted by Crippen LogP contribution is 2.30. The van der Waals surface area contributed by atoms with Gasteiger partial charge in [0.2, 0.25) is 11.8 Å². The molecule has 0 aromatic heterocycles. The molecule has 1 atom stereocenters. The van der Waals surface area contributed by atoms with Gasteiger partial charge in [-0.15, -0.1) is 0 Å². The standard InChI is InChI=1S/C22H25N3O3/c1-14(17-9-11-20(12-10-17)25-22(28)19-7-8-19)24-21(27)18-5-3-16(4-6-18)13-23-15(2)26/h3-6,9-12,14,19H,7-8,13H2,1-2H3,(H,23,26)(H,24,27)(H,25,28). The van der Waals surface area contributed by atoms with Gasteiger partial charge in [0.05, 0.1) is 6.04 Å². The summed E-state index contributed by atoms with van der Waals surface area (Å²) < 4.78 is 0. The number of anilines is 1. The summed E-state index contributed by atoms with van der Waals surface area (Å²) >= 11 is 0. The molecule has 3 N–H and O–H groups in total. The van der Waals surface area contributed by atoms with Gasteiger partial charge in [-0.05, 0) is 55.2 Å². The van der Waals surface area contributed by atoms with E-state index in [-0.39, 0.29) is 29.7 Å². The van der Waals surface area contributed by atoms with Gasteiger partial charge in [0, 0.05) is 30.6 Å². The predicted octanol–water partition coefficient (Wildman–Crippen LogP) is 3.16. The molecule has 0 saturated heterocycles. The van der Waals surface area contributed by atoms with Crippen LogP contribution in [0, 0.1) is 5.92 Å². The SMILES string of the molecule is CC(=O)NCc1ccc(C(=O)NC(C)c2ccc(NC(=O)C3CC3)cc2)cc1. The third-order valence-corrected chi connectivity index (χ3v) is 4.73. The fourth-order valence-corrected chi connectivity index (χ4v) is 2.81. The summed E-state index contributed by atoms with van der Waals surface area (Å²) in [5.74, 6) is -0.00275. The van der Waals surface area contributed by atoms with Crippen LogP contribution in [0.25, 0.3) is 0 Å². The molecule has 0 spiro atoms. The van der Waals surface area contributed by atoms with E-state index in [0.717, 1.165) is 29.7 Å². The average Bonchev–Trinajstić information content (AvgIpc) is 3.52. The van der Waals surface area contributed by atoms with E-state index in [1.807, 2.05) is 43.3 Å². The maximum absolute atomic E-state index is 12.5. The van der Waals surface area contributed by atoms with Crippen molar-refractivity contribution in [3.8, 4) is 0 Å². The van der Waals surface area contributed by atoms with E-state index >= 15 is 0 Å². The lowest BCUT2D eigenvalue weighted by molar-refractivity contribution is -0.119. The van der Waals surface area contributed by atoms with E-state index < -0.39 is 0 Å². The molecule has 1 aliphatic rings. The Hall–Kier alpha value is -3.15. The molecule has 1 fully saturated rings. The van der Waals surface area contributed by atoms with Crippen LogP contribution in [0.5, 0.6) is 0 Å². The highest BCUT2D eigenvalue weighted by Gasteiger charge is 2.29. The zero-order valence-corrected chi connectivity index (χ0v) is 16.1. The first kappa shape index (κ1) is 19.6. The summed E-state index contributed by atoms with van der Waals surface area (Å²) in [6, 6.07) is 14.5. The summed E-state index contributed by atoms with van der Waals surface area (Å²) in [4.78, 5) is 35.2. The molecule has 3 rings (SSSR count). The summed E-state index contributed by atoms with van der Waals surface area (Å²) in [6.45, 7) is 3.83. The lowest BCUT2D eigenvalue weighted by Gasteiger charge is -2.15. The molecular weight excluding hydrogens is 354 g/mol. The van der Waals surface area contributed by atoms with Crippen molar-refractivity contribution in [3.63, 3.8) is 0 Å². The van der Waals surface area contributed by atoms with Gasteiger partial charge in [-0.1, -0.05) is 24.3 Å². The van der Waals surface area contributed by atoms with Crippen LogP contribution in [-0.2, 0) is 16.1 Å². The van der Waals surface area contributed by atoms with Crippen molar-refractivity contribution in [2.45, 2.75) is 39.3 Å². The van der Waals surface area contributed by atoms with Crippen molar-refractivity contribution < 1.29 is 14.4 Å². The zero-order chi connectivity index (χ0) is 20.1. The molecule has 1 saturated carbocycles. The predicted molar refractivity (Wildman–Crippen MR) is 108 cm³/mol. The number of hydrogen-bond acceptors (Lipinski definition) is 3. The Kier molecular flexibility index (Phi) is 6.09. The molecular formula is C22H25N3O3. The van der Waals surface area contributed by atoms with Crippen LogP contribution >= 0.6 is 0 Å². The summed E-state index contributed by atoms with van der Waals surface area (Å²) in [5.41, 5.74) is 3.23. The molecule has 28 heavy (non-hydrogen) atoms. The van der Waals surface area contributed by atoms with Crippen LogP contribution < -0.4 is 16.0 Å². The van der Waals surface area contributed by atoms with Crippen molar-refractivity contribution in [1.82, 2.24) is 10.6 Å². The number of benzene rings is 2. The fourth-order valence-electron chi connectivity index (χ4n) is 2.81. The second-order valence-corrected chi connectivity index (χ2v) is 7.19. The lowest BCUT2D eigenvalue weighted by Crippen LogP contribution is -2.26. The van der Waals surface area contributed by atoms with Crippen LogP contribution in [0.2, 0.25) is 0 Å². The Morgan fingerprint density at radius 3 is 2.21 bits per heavy atom. The Bertz CT molecular complexity index is 856. The molecule has 3 amide bonds. The highest BCUT2D eigenvalue weighted by atomic mass is 16.2. The average molecular weight is 379 g/mol. The molecule has 0 bridgehead atoms. The summed E-state index contributed by atoms with van der Waals surface area (Å²) in [6.07, 6.45) is 1.95. The number of carbonyl (C=O) groups excluding carboxylic acids is 3. The first-order valence-corrected chi connectivity index (χ1v) is 9.47. The van der Waals surface area contributed by atoms with Gasteiger partial charge < -0.3 is 16.0 Å². The first-order valence-electron chi connectivity index (χ1n) is 9.47. The number of carbonyl (C=O) groups is 3. The van der Waals surface area contributed by atoms with E-state index in [1.165, 1.54) is 6.92 Å². The quantitative estimate of drug-likeness (QED) is 0.691. The van der Waals surface area contributed by atoms with Gasteiger partial charge in [-0.2, -0.15) is 0 Å². The number of nitrogens with one attached hydrogen (secondary N) is 3. The molecule has 0 aliphatic heterocycles. The van der Waals surface area contributed by atoms with Crippen molar-refractivity contribution in [2.24, 2.45) is 5.92 Å². The topological polar surface area (TPSA) is 87.3 Å². The molecule has 6 heteroatoms. The number of amides is 3. The minimum absolute atomic E-state index is 0.0797. The minimum Gasteiger partial charge on any atom is -0.352 e. The van der Waals surface area contributed by atoms with Crippen molar-refractivity contribution in [3.05, 3.63) is 65.2 Å². The third kappa shape index (κ3) is 5.42. The molecule has 0 radical (unpaired) electrons. The smallest absolute Gasteiger partial charge is 0.251 e. The molecule has 1 aliphatic carbocycles. The minimum atomic E-state index is -0.167. The van der Waals surface area contributed by atoms with Crippen LogP contribution in [0.3, 0.4) is 0 Å². The van der Waals surface area contributed by atoms with E-state index in [4.69, 9.17) is 0 Å². The van der Waals surface area contributed by atoms with Gasteiger partial charge in [0.15, 0.2) is 0 Å². The Morgan fingerprint density at radius 1 is 1.00 bits per heavy atom. The first-order chi connectivity index (χ1) is 13.4. The lowest BCUT2D eigenvalue weighted by atomic mass is 10.1. The van der Waals surface area contributed by atoms with Crippen LogP contribution in [0.15, 0.2) is 48.5 Å².